The van der Waals surface area contributed by atoms with Crippen molar-refractivity contribution in [2.75, 3.05) is 0 Å². The minimum atomic E-state index is -2.58. The van der Waals surface area contributed by atoms with Gasteiger partial charge in [0.2, 0.25) is 5.78 Å². The second kappa shape index (κ2) is 8.55. The first-order valence-corrected chi connectivity index (χ1v) is 13.1. The van der Waals surface area contributed by atoms with Crippen molar-refractivity contribution in [1.29, 1.82) is 0 Å². The molecule has 1 aromatic rings. The predicted molar refractivity (Wildman–Crippen MR) is 139 cm³/mol. The van der Waals surface area contributed by atoms with E-state index in [2.05, 4.69) is 13.8 Å². The maximum atomic E-state index is 14.3. The van der Waals surface area contributed by atoms with Crippen molar-refractivity contribution in [3.63, 3.8) is 0 Å². The fourth-order valence-corrected chi connectivity index (χ4v) is 7.49. The molecule has 1 saturated carbocycles. The van der Waals surface area contributed by atoms with Crippen molar-refractivity contribution in [3.05, 3.63) is 45.7 Å². The Hall–Kier alpha value is -2.93. The van der Waals surface area contributed by atoms with E-state index in [1.54, 1.807) is 20.8 Å². The van der Waals surface area contributed by atoms with Crippen LogP contribution in [-0.4, -0.2) is 43.4 Å². The smallest absolute Gasteiger partial charge is 0.203 e. The predicted octanol–water partition coefficient (Wildman–Crippen LogP) is 4.78. The first-order valence-electron chi connectivity index (χ1n) is 13.1. The van der Waals surface area contributed by atoms with Crippen molar-refractivity contribution in [1.82, 2.24) is 0 Å². The highest BCUT2D eigenvalue weighted by Crippen LogP contribution is 2.65. The molecule has 3 aliphatic rings. The molecule has 37 heavy (non-hydrogen) atoms. The number of allylic oxidation sites excluding steroid dienone is 1. The van der Waals surface area contributed by atoms with Crippen molar-refractivity contribution in [2.45, 2.75) is 79.8 Å². The first-order chi connectivity index (χ1) is 17.1. The molecule has 7 heteroatoms. The third kappa shape index (κ3) is 3.46. The van der Waals surface area contributed by atoms with Crippen molar-refractivity contribution < 1.29 is 34.8 Å². The minimum absolute atomic E-state index is 0.0951. The van der Waals surface area contributed by atoms with E-state index in [0.717, 1.165) is 30.9 Å². The molecule has 0 radical (unpaired) electrons. The summed E-state index contributed by atoms with van der Waals surface area (Å²) in [5.74, 6) is -4.70. The van der Waals surface area contributed by atoms with E-state index in [4.69, 9.17) is 0 Å². The number of benzene rings is 1. The van der Waals surface area contributed by atoms with Crippen LogP contribution < -0.4 is 0 Å². The highest BCUT2D eigenvalue weighted by molar-refractivity contribution is 6.24. The summed E-state index contributed by atoms with van der Waals surface area (Å²) in [7, 11) is 0. The van der Waals surface area contributed by atoms with E-state index < -0.39 is 56.8 Å². The van der Waals surface area contributed by atoms with Gasteiger partial charge in [-0.15, -0.1) is 0 Å². The molecule has 0 amide bonds. The zero-order chi connectivity index (χ0) is 27.8. The molecule has 5 atom stereocenters. The number of ketones is 3. The molecular formula is C30H38O7. The van der Waals surface area contributed by atoms with Gasteiger partial charge in [-0.3, -0.25) is 14.4 Å². The molecule has 0 bridgehead atoms. The van der Waals surface area contributed by atoms with Gasteiger partial charge in [-0.25, -0.2) is 0 Å². The molecule has 7 nitrogen and oxygen atoms in total. The van der Waals surface area contributed by atoms with Gasteiger partial charge >= 0.3 is 0 Å². The number of carbonyl (C=O) groups excluding carboxylic acids is 3. The van der Waals surface area contributed by atoms with E-state index >= 15 is 0 Å². The van der Waals surface area contributed by atoms with Crippen LogP contribution >= 0.6 is 0 Å². The van der Waals surface area contributed by atoms with Gasteiger partial charge in [0, 0.05) is 22.3 Å². The second-order valence-electron chi connectivity index (χ2n) is 12.3. The Kier molecular flexibility index (Phi) is 6.27. The zero-order valence-corrected chi connectivity index (χ0v) is 22.7. The molecule has 4 N–H and O–H groups in total. The summed E-state index contributed by atoms with van der Waals surface area (Å²) in [6, 6.07) is 3.35. The molecule has 1 aromatic carbocycles. The van der Waals surface area contributed by atoms with Crippen LogP contribution in [0.2, 0.25) is 0 Å². The average molecular weight is 511 g/mol. The van der Waals surface area contributed by atoms with Gasteiger partial charge in [0.25, 0.3) is 0 Å². The largest absolute Gasteiger partial charge is 0.508 e. The Balaban J connectivity index is 2.04. The molecule has 200 valence electrons. The number of rotatable bonds is 5. The van der Waals surface area contributed by atoms with Crippen LogP contribution in [0.3, 0.4) is 0 Å². The number of phenolic OH excluding ortho intramolecular Hbond substituents is 1. The fraction of sp³-hybridized carbons (Fsp3) is 0.567. The Morgan fingerprint density at radius 2 is 1.73 bits per heavy atom. The fourth-order valence-electron chi connectivity index (χ4n) is 7.49. The molecular weight excluding hydrogens is 472 g/mol. The van der Waals surface area contributed by atoms with Crippen LogP contribution in [0, 0.1) is 28.6 Å². The van der Waals surface area contributed by atoms with E-state index in [1.165, 1.54) is 6.07 Å². The number of aliphatic hydroxyl groups excluding tert-OH is 2. The highest BCUT2D eigenvalue weighted by atomic mass is 16.3. The lowest BCUT2D eigenvalue weighted by molar-refractivity contribution is -0.178. The number of hydrogen-bond donors (Lipinski definition) is 4. The lowest BCUT2D eigenvalue weighted by Crippen LogP contribution is -2.69. The van der Waals surface area contributed by atoms with Crippen LogP contribution in [0.4, 0.5) is 0 Å². The van der Waals surface area contributed by atoms with E-state index in [1.807, 2.05) is 13.0 Å². The summed E-state index contributed by atoms with van der Waals surface area (Å²) < 4.78 is 0. The number of phenols is 1. The van der Waals surface area contributed by atoms with Gasteiger partial charge in [0.05, 0.1) is 5.56 Å². The third-order valence-corrected chi connectivity index (χ3v) is 9.25. The van der Waals surface area contributed by atoms with Crippen LogP contribution in [0.1, 0.15) is 78.0 Å². The maximum absolute atomic E-state index is 14.3. The quantitative estimate of drug-likeness (QED) is 0.419. The average Bonchev–Trinajstić information content (AvgIpc) is 2.77. The monoisotopic (exact) mass is 510 g/mol. The number of carbonyl (C=O) groups is 3. The van der Waals surface area contributed by atoms with Gasteiger partial charge in [-0.05, 0) is 55.2 Å². The molecule has 0 spiro atoms. The van der Waals surface area contributed by atoms with Gasteiger partial charge in [0.1, 0.15) is 22.8 Å². The molecule has 3 aliphatic carbocycles. The van der Waals surface area contributed by atoms with Crippen molar-refractivity contribution in [2.24, 2.45) is 28.6 Å². The van der Waals surface area contributed by atoms with Gasteiger partial charge in [-0.2, -0.15) is 0 Å². The van der Waals surface area contributed by atoms with E-state index in [-0.39, 0.29) is 29.2 Å². The van der Waals surface area contributed by atoms with Crippen LogP contribution in [0.15, 0.2) is 29.0 Å². The Labute approximate surface area is 217 Å². The standard InChI is InChI=1S/C30H38O7/c1-8-15(4)11-17-9-10-19(32)21-18(17)12-28(6)13-29(7)22(14(2)3)24(33)20(16(5)31)26(35)30(29,37)27(36)23(28)25(21)34/h9-10,14-15,22,32,34-35,37H,8,11-13H2,1-7H3/t15?,22?,28-,29-,30+/m1/s1. The van der Waals surface area contributed by atoms with E-state index in [9.17, 15) is 34.8 Å². The molecule has 1 fully saturated rings. The summed E-state index contributed by atoms with van der Waals surface area (Å²) in [6.07, 6.45) is 2.09. The summed E-state index contributed by atoms with van der Waals surface area (Å²) in [6.45, 7) is 12.4. The SMILES string of the molecule is CCC(C)Cc1ccc(O)c2c1C[C@]1(C)C[C@]3(C)C(C(C)C)C(=O)C(C(C)=O)=C(O)[C@]3(O)C(=O)C1=C2O. The summed E-state index contributed by atoms with van der Waals surface area (Å²) >= 11 is 0. The first kappa shape index (κ1) is 27.1. The van der Waals surface area contributed by atoms with Gasteiger partial charge in [-0.1, -0.05) is 54.0 Å². The number of Topliss-reactive ketones (excluding diaryl/α,β-unsaturated/α-hetero) is 3. The Morgan fingerprint density at radius 3 is 2.27 bits per heavy atom. The number of hydrogen-bond acceptors (Lipinski definition) is 7. The normalized spacial score (nSPS) is 32.3. The number of fused-ring (bicyclic) bond motifs is 3. The van der Waals surface area contributed by atoms with Crippen molar-refractivity contribution >= 4 is 23.1 Å². The molecule has 4 rings (SSSR count). The van der Waals surface area contributed by atoms with Crippen LogP contribution in [-0.2, 0) is 27.2 Å². The lowest BCUT2D eigenvalue weighted by atomic mass is 9.43. The molecule has 2 unspecified atom stereocenters. The number of aromatic hydroxyl groups is 1. The lowest BCUT2D eigenvalue weighted by Gasteiger charge is -2.59. The number of aliphatic hydroxyl groups is 3. The molecule has 0 saturated heterocycles. The Bertz CT molecular complexity index is 1280. The topological polar surface area (TPSA) is 132 Å². The summed E-state index contributed by atoms with van der Waals surface area (Å²) in [4.78, 5) is 40.2. The van der Waals surface area contributed by atoms with E-state index in [0.29, 0.717) is 12.3 Å². The summed E-state index contributed by atoms with van der Waals surface area (Å²) in [5.41, 5.74) is -3.80. The van der Waals surface area contributed by atoms with Crippen LogP contribution in [0.5, 0.6) is 5.75 Å². The second-order valence-corrected chi connectivity index (χ2v) is 12.3. The molecule has 0 aromatic heterocycles. The van der Waals surface area contributed by atoms with Crippen molar-refractivity contribution in [3.8, 4) is 5.75 Å². The molecule has 0 aliphatic heterocycles. The van der Waals surface area contributed by atoms with Gasteiger partial charge in [0.15, 0.2) is 17.2 Å². The highest BCUT2D eigenvalue weighted by Gasteiger charge is 2.72. The van der Waals surface area contributed by atoms with Crippen LogP contribution in [0.25, 0.3) is 5.76 Å². The molecule has 0 heterocycles. The maximum Gasteiger partial charge on any atom is 0.203 e. The van der Waals surface area contributed by atoms with Gasteiger partial charge < -0.3 is 20.4 Å². The third-order valence-electron chi connectivity index (χ3n) is 9.25. The minimum Gasteiger partial charge on any atom is -0.508 e. The zero-order valence-electron chi connectivity index (χ0n) is 22.7. The Morgan fingerprint density at radius 1 is 1.11 bits per heavy atom. The summed E-state index contributed by atoms with van der Waals surface area (Å²) in [5, 5.41) is 45.5.